The van der Waals surface area contributed by atoms with Crippen LogP contribution in [0.2, 0.25) is 18.1 Å². The third-order valence-electron chi connectivity index (χ3n) is 3.27. The van der Waals surface area contributed by atoms with Gasteiger partial charge in [0, 0.05) is 6.20 Å². The number of hydrogen-bond acceptors (Lipinski definition) is 3. The SMILES string of the molecule is CC(C)(C)[Si](C)(C)O[C@@H](c1cnc(Br)s1)C(F)(F)F. The highest BCUT2D eigenvalue weighted by molar-refractivity contribution is 9.11. The summed E-state index contributed by atoms with van der Waals surface area (Å²) in [6.45, 7) is 9.35. The molecule has 0 spiro atoms. The standard InChI is InChI=1S/C11H17BrF3NOSSi/c1-10(2,3)19(4,5)17-8(11(13,14)15)7-6-16-9(12)18-7/h6,8H,1-5H3/t8-/m0/s1. The van der Waals surface area contributed by atoms with Crippen molar-refractivity contribution in [2.75, 3.05) is 0 Å². The fourth-order valence-electron chi connectivity index (χ4n) is 1.14. The van der Waals surface area contributed by atoms with Crippen LogP contribution in [0.5, 0.6) is 0 Å². The van der Waals surface area contributed by atoms with Crippen molar-refractivity contribution in [2.45, 2.75) is 51.2 Å². The van der Waals surface area contributed by atoms with Gasteiger partial charge in [-0.05, 0) is 34.1 Å². The van der Waals surface area contributed by atoms with Crippen molar-refractivity contribution in [1.29, 1.82) is 0 Å². The van der Waals surface area contributed by atoms with E-state index in [1.165, 1.54) is 6.20 Å². The van der Waals surface area contributed by atoms with Gasteiger partial charge in [-0.15, -0.1) is 11.3 Å². The normalized spacial score (nSPS) is 15.6. The van der Waals surface area contributed by atoms with Crippen molar-refractivity contribution in [3.8, 4) is 0 Å². The highest BCUT2D eigenvalue weighted by Gasteiger charge is 2.49. The summed E-state index contributed by atoms with van der Waals surface area (Å²) in [6.07, 6.45) is -5.10. The van der Waals surface area contributed by atoms with E-state index in [4.69, 9.17) is 4.43 Å². The van der Waals surface area contributed by atoms with Gasteiger partial charge in [-0.2, -0.15) is 13.2 Å². The van der Waals surface area contributed by atoms with Gasteiger partial charge in [0.1, 0.15) is 0 Å². The van der Waals surface area contributed by atoms with E-state index in [0.29, 0.717) is 3.92 Å². The van der Waals surface area contributed by atoms with Crippen molar-refractivity contribution in [2.24, 2.45) is 0 Å². The lowest BCUT2D eigenvalue weighted by molar-refractivity contribution is -0.200. The number of aromatic nitrogens is 1. The molecule has 110 valence electrons. The molecule has 0 aromatic carbocycles. The van der Waals surface area contributed by atoms with Gasteiger partial charge >= 0.3 is 6.18 Å². The number of thiazole rings is 1. The van der Waals surface area contributed by atoms with E-state index < -0.39 is 20.6 Å². The average Bonchev–Trinajstić information content (AvgIpc) is 2.57. The summed E-state index contributed by atoms with van der Waals surface area (Å²) in [7, 11) is -2.51. The van der Waals surface area contributed by atoms with Crippen molar-refractivity contribution in [1.82, 2.24) is 4.98 Å². The predicted molar refractivity (Wildman–Crippen MR) is 76.9 cm³/mol. The molecule has 19 heavy (non-hydrogen) atoms. The Morgan fingerprint density at radius 3 is 2.16 bits per heavy atom. The molecule has 2 nitrogen and oxygen atoms in total. The van der Waals surface area contributed by atoms with Crippen LogP contribution in [0.25, 0.3) is 0 Å². The predicted octanol–water partition coefficient (Wildman–Crippen LogP) is 5.53. The first-order chi connectivity index (χ1) is 8.34. The molecule has 0 amide bonds. The minimum atomic E-state index is -4.43. The van der Waals surface area contributed by atoms with E-state index in [-0.39, 0.29) is 9.92 Å². The van der Waals surface area contributed by atoms with Gasteiger partial charge in [0.2, 0.25) is 0 Å². The Kier molecular flexibility index (Phi) is 4.92. The van der Waals surface area contributed by atoms with Crippen molar-refractivity contribution in [3.05, 3.63) is 15.0 Å². The fourth-order valence-corrected chi connectivity index (χ4v) is 3.79. The number of rotatable bonds is 3. The highest BCUT2D eigenvalue weighted by atomic mass is 79.9. The zero-order valence-corrected chi connectivity index (χ0v) is 14.8. The van der Waals surface area contributed by atoms with Crippen LogP contribution in [0.15, 0.2) is 10.1 Å². The maximum atomic E-state index is 13.2. The molecule has 0 saturated carbocycles. The molecule has 0 N–H and O–H groups in total. The van der Waals surface area contributed by atoms with Gasteiger partial charge < -0.3 is 4.43 Å². The van der Waals surface area contributed by atoms with E-state index in [9.17, 15) is 13.2 Å². The molecule has 1 aromatic heterocycles. The summed E-state index contributed by atoms with van der Waals surface area (Å²) < 4.78 is 45.5. The lowest BCUT2D eigenvalue weighted by Gasteiger charge is -2.39. The summed E-state index contributed by atoms with van der Waals surface area (Å²) in [4.78, 5) is 3.90. The summed E-state index contributed by atoms with van der Waals surface area (Å²) in [5.74, 6) is 0. The van der Waals surface area contributed by atoms with Gasteiger partial charge in [-0.25, -0.2) is 4.98 Å². The minimum absolute atomic E-state index is 0.0872. The van der Waals surface area contributed by atoms with Crippen molar-refractivity contribution in [3.63, 3.8) is 0 Å². The monoisotopic (exact) mass is 375 g/mol. The van der Waals surface area contributed by atoms with Gasteiger partial charge in [0.25, 0.3) is 0 Å². The Morgan fingerprint density at radius 1 is 1.32 bits per heavy atom. The summed E-state index contributed by atoms with van der Waals surface area (Å²) in [5, 5.41) is -0.279. The number of alkyl halides is 3. The van der Waals surface area contributed by atoms with Crippen LogP contribution in [-0.4, -0.2) is 19.5 Å². The van der Waals surface area contributed by atoms with Crippen LogP contribution in [-0.2, 0) is 4.43 Å². The molecule has 0 aliphatic heterocycles. The van der Waals surface area contributed by atoms with Gasteiger partial charge in [-0.1, -0.05) is 20.8 Å². The minimum Gasteiger partial charge on any atom is -0.401 e. The zero-order valence-electron chi connectivity index (χ0n) is 11.4. The molecule has 1 heterocycles. The second-order valence-corrected chi connectivity index (χ2v) is 12.9. The van der Waals surface area contributed by atoms with E-state index in [1.807, 2.05) is 33.9 Å². The Balaban J connectivity index is 3.08. The quantitative estimate of drug-likeness (QED) is 0.647. The molecule has 0 aliphatic carbocycles. The number of halogens is 4. The maximum absolute atomic E-state index is 13.2. The van der Waals surface area contributed by atoms with Crippen LogP contribution in [0.4, 0.5) is 13.2 Å². The van der Waals surface area contributed by atoms with Gasteiger partial charge in [0.05, 0.1) is 4.88 Å². The second-order valence-electron chi connectivity index (χ2n) is 5.82. The second kappa shape index (κ2) is 5.46. The van der Waals surface area contributed by atoms with E-state index in [0.717, 1.165) is 11.3 Å². The molecule has 0 radical (unpaired) electrons. The largest absolute Gasteiger partial charge is 0.418 e. The Morgan fingerprint density at radius 2 is 1.84 bits per heavy atom. The van der Waals surface area contributed by atoms with Crippen LogP contribution >= 0.6 is 27.3 Å². The Labute approximate surface area is 124 Å². The molecule has 0 saturated heterocycles. The molecule has 1 aromatic rings. The molecular weight excluding hydrogens is 359 g/mol. The van der Waals surface area contributed by atoms with Gasteiger partial charge in [0.15, 0.2) is 18.3 Å². The Hall–Kier alpha value is 0.0769. The molecule has 1 atom stereocenters. The third kappa shape index (κ3) is 4.27. The van der Waals surface area contributed by atoms with E-state index in [2.05, 4.69) is 20.9 Å². The zero-order chi connectivity index (χ0) is 15.1. The van der Waals surface area contributed by atoms with E-state index in [1.54, 1.807) is 0 Å². The lowest BCUT2D eigenvalue weighted by Crippen LogP contribution is -2.44. The molecule has 0 unspecified atom stereocenters. The van der Waals surface area contributed by atoms with Crippen LogP contribution in [0.3, 0.4) is 0 Å². The first-order valence-corrected chi connectivity index (χ1v) is 10.2. The smallest absolute Gasteiger partial charge is 0.401 e. The fraction of sp³-hybridized carbons (Fsp3) is 0.727. The average molecular weight is 376 g/mol. The molecule has 0 fully saturated rings. The number of hydrogen-bond donors (Lipinski definition) is 0. The topological polar surface area (TPSA) is 22.1 Å². The first-order valence-electron chi connectivity index (χ1n) is 5.70. The van der Waals surface area contributed by atoms with Crippen LogP contribution in [0.1, 0.15) is 31.8 Å². The molecule has 0 aliphatic rings. The lowest BCUT2D eigenvalue weighted by atomic mass is 10.2. The van der Waals surface area contributed by atoms with Crippen molar-refractivity contribution >= 4 is 35.6 Å². The summed E-state index contributed by atoms with van der Waals surface area (Å²) >= 11 is 4.04. The Bertz CT molecular complexity index is 442. The van der Waals surface area contributed by atoms with E-state index >= 15 is 0 Å². The molecule has 0 bridgehead atoms. The summed E-state index contributed by atoms with van der Waals surface area (Å²) in [5.41, 5.74) is 0. The van der Waals surface area contributed by atoms with Gasteiger partial charge in [-0.3, -0.25) is 0 Å². The first kappa shape index (κ1) is 17.1. The maximum Gasteiger partial charge on any atom is 0.418 e. The molecule has 8 heteroatoms. The third-order valence-corrected chi connectivity index (χ3v) is 9.23. The van der Waals surface area contributed by atoms with Crippen LogP contribution in [0, 0.1) is 0 Å². The highest BCUT2D eigenvalue weighted by Crippen LogP contribution is 2.46. The van der Waals surface area contributed by atoms with Crippen LogP contribution < -0.4 is 0 Å². The number of nitrogens with zero attached hydrogens (tertiary/aromatic N) is 1. The van der Waals surface area contributed by atoms with Crippen molar-refractivity contribution < 1.29 is 17.6 Å². The molecular formula is C11H17BrF3NOSSi. The molecule has 1 rings (SSSR count). The summed E-state index contributed by atoms with van der Waals surface area (Å²) in [6, 6.07) is 0.